The van der Waals surface area contributed by atoms with E-state index in [4.69, 9.17) is 0 Å². The van der Waals surface area contributed by atoms with Crippen molar-refractivity contribution in [2.45, 2.75) is 24.8 Å². The van der Waals surface area contributed by atoms with E-state index in [2.05, 4.69) is 34.7 Å². The van der Waals surface area contributed by atoms with Crippen LogP contribution in [0.3, 0.4) is 0 Å². The van der Waals surface area contributed by atoms with Gasteiger partial charge in [0.2, 0.25) is 5.95 Å². The highest BCUT2D eigenvalue weighted by Gasteiger charge is 2.12. The number of nitrogens with one attached hydrogen (secondary N) is 2. The number of rotatable bonds is 8. The smallest absolute Gasteiger partial charge is 0.410 e. The summed E-state index contributed by atoms with van der Waals surface area (Å²) in [7, 11) is -1.85. The molecule has 11 heteroatoms. The van der Waals surface area contributed by atoms with Crippen LogP contribution in [0.1, 0.15) is 13.8 Å². The van der Waals surface area contributed by atoms with E-state index in [1.54, 1.807) is 49.8 Å². The molecule has 1 atom stereocenters. The summed E-state index contributed by atoms with van der Waals surface area (Å²) in [4.78, 5) is 24.8. The number of benzene rings is 1. The van der Waals surface area contributed by atoms with Crippen LogP contribution in [0.4, 0.5) is 22.2 Å². The molecule has 3 aromatic rings. The van der Waals surface area contributed by atoms with E-state index in [0.717, 1.165) is 11.1 Å². The summed E-state index contributed by atoms with van der Waals surface area (Å²) >= 11 is 0. The van der Waals surface area contributed by atoms with Crippen LogP contribution in [0.25, 0.3) is 11.1 Å². The number of aliphatic hydroxyl groups is 1. The van der Waals surface area contributed by atoms with E-state index in [0.29, 0.717) is 22.3 Å². The van der Waals surface area contributed by atoms with Crippen LogP contribution in [-0.4, -0.2) is 45.4 Å². The molecule has 0 fully saturated rings. The first-order valence-electron chi connectivity index (χ1n) is 9.82. The summed E-state index contributed by atoms with van der Waals surface area (Å²) in [6.07, 6.45) is 4.19. The number of carbonyl (C=O) groups excluding carboxylic acids is 1. The number of hydrogen-bond acceptors (Lipinski definition) is 10. The highest BCUT2D eigenvalue weighted by molar-refractivity contribution is 7.75. The third kappa shape index (κ3) is 6.22. The minimum absolute atomic E-state index is 0.0608. The molecule has 3 rings (SSSR count). The number of aliphatic hydroxyl groups excluding tert-OH is 1. The summed E-state index contributed by atoms with van der Waals surface area (Å²) in [5.41, 5.74) is 2.23. The molecule has 2 heterocycles. The molecule has 0 radical (unpaired) electrons. The van der Waals surface area contributed by atoms with E-state index in [9.17, 15) is 14.1 Å². The number of aromatic nitrogens is 3. The number of amides is 1. The van der Waals surface area contributed by atoms with Gasteiger partial charge in [0.1, 0.15) is 5.82 Å². The molecule has 0 saturated heterocycles. The fourth-order valence-electron chi connectivity index (χ4n) is 2.62. The second-order valence-corrected chi connectivity index (χ2v) is 7.77. The number of hydrogen-bond donors (Lipinski definition) is 3. The minimum atomic E-state index is -1.85. The van der Waals surface area contributed by atoms with Gasteiger partial charge in [0.15, 0.2) is 0 Å². The molecule has 0 saturated carbocycles. The maximum Gasteiger partial charge on any atom is 0.410 e. The molecule has 0 spiro atoms. The van der Waals surface area contributed by atoms with E-state index >= 15 is 0 Å². The van der Waals surface area contributed by atoms with E-state index < -0.39 is 16.7 Å². The molecule has 1 aromatic carbocycles. The lowest BCUT2D eigenvalue weighted by molar-refractivity contribution is 0.164. The minimum Gasteiger partial charge on any atom is -0.450 e. The number of nitrogens with zero attached hydrogens (tertiary/aromatic N) is 4. The lowest BCUT2D eigenvalue weighted by atomic mass is 10.1. The van der Waals surface area contributed by atoms with Gasteiger partial charge in [0.05, 0.1) is 13.2 Å². The summed E-state index contributed by atoms with van der Waals surface area (Å²) in [6.45, 7) is 3.58. The van der Waals surface area contributed by atoms with Crippen molar-refractivity contribution >= 4 is 34.1 Å². The monoisotopic (exact) mass is 455 g/mol. The normalized spacial score (nSPS) is 12.7. The zero-order chi connectivity index (χ0) is 22.9. The van der Waals surface area contributed by atoms with Crippen LogP contribution in [0.5, 0.6) is 0 Å². The maximum atomic E-state index is 12.1. The third-order valence-electron chi connectivity index (χ3n) is 4.16. The zero-order valence-electron chi connectivity index (χ0n) is 17.6. The first-order valence-corrected chi connectivity index (χ1v) is 10.9. The van der Waals surface area contributed by atoms with Gasteiger partial charge in [-0.2, -0.15) is 4.98 Å². The van der Waals surface area contributed by atoms with Crippen LogP contribution in [-0.2, 0) is 19.5 Å². The van der Waals surface area contributed by atoms with Gasteiger partial charge in [-0.05, 0) is 32.0 Å². The standard InChI is InChI=1S/C21H23N6O4S/c1-3-31-21(29)27-32(30)17-8-6-16(7-9-17)25-20-23-12-18(15-5-4-10-22-11-15)19(26-20)24-14(2)13-28/h4-12,14,28H,3,13H2,1-2H3,(H2,23,24,25,26)/q-1/t14-/m1/s1. The Morgan fingerprint density at radius 1 is 1.25 bits per heavy atom. The fraction of sp³-hybridized carbons (Fsp3) is 0.238. The predicted octanol–water partition coefficient (Wildman–Crippen LogP) is 3.74. The molecular formula is C21H23N6O4S-. The number of ether oxygens (including phenoxy) is 1. The van der Waals surface area contributed by atoms with Crippen molar-refractivity contribution < 1.29 is 18.8 Å². The largest absolute Gasteiger partial charge is 0.450 e. The predicted molar refractivity (Wildman–Crippen MR) is 121 cm³/mol. The van der Waals surface area contributed by atoms with Gasteiger partial charge in [-0.25, -0.2) is 9.78 Å². The Kier molecular flexibility index (Phi) is 8.06. The average Bonchev–Trinajstić information content (AvgIpc) is 2.80. The highest BCUT2D eigenvalue weighted by atomic mass is 32.2. The van der Waals surface area contributed by atoms with Gasteiger partial charge in [0, 0.05) is 41.4 Å². The number of anilines is 3. The van der Waals surface area contributed by atoms with Crippen LogP contribution >= 0.6 is 0 Å². The van der Waals surface area contributed by atoms with Gasteiger partial charge in [-0.3, -0.25) is 9.35 Å². The number of pyridine rings is 1. The summed E-state index contributed by atoms with van der Waals surface area (Å²) < 4.78 is 20.3. The lowest BCUT2D eigenvalue weighted by Gasteiger charge is -2.16. The van der Waals surface area contributed by atoms with E-state index in [1.165, 1.54) is 0 Å². The molecule has 0 unspecified atom stereocenters. The zero-order valence-corrected chi connectivity index (χ0v) is 18.4. The van der Waals surface area contributed by atoms with Gasteiger partial charge in [0.25, 0.3) is 0 Å². The molecule has 3 N–H and O–H groups in total. The molecule has 32 heavy (non-hydrogen) atoms. The van der Waals surface area contributed by atoms with Crippen LogP contribution < -0.4 is 10.6 Å². The molecule has 0 bridgehead atoms. The van der Waals surface area contributed by atoms with Crippen LogP contribution in [0, 0.1) is 0 Å². The Hall–Kier alpha value is -3.57. The Balaban J connectivity index is 1.82. The molecule has 168 valence electrons. The Labute approximate surface area is 187 Å². The van der Waals surface area contributed by atoms with Gasteiger partial charge >= 0.3 is 6.09 Å². The summed E-state index contributed by atoms with van der Waals surface area (Å²) in [5, 5.41) is 15.7. The Bertz CT molecular complexity index is 1130. The molecule has 10 nitrogen and oxygen atoms in total. The highest BCUT2D eigenvalue weighted by Crippen LogP contribution is 2.27. The van der Waals surface area contributed by atoms with Gasteiger partial charge < -0.3 is 24.7 Å². The van der Waals surface area contributed by atoms with Crippen LogP contribution in [0.2, 0.25) is 0 Å². The van der Waals surface area contributed by atoms with Gasteiger partial charge in [-0.15, -0.1) is 10.6 Å². The quantitative estimate of drug-likeness (QED) is 0.433. The van der Waals surface area contributed by atoms with Gasteiger partial charge in [-0.1, -0.05) is 23.1 Å². The van der Waals surface area contributed by atoms with Crippen molar-refractivity contribution in [2.24, 2.45) is 4.36 Å². The maximum absolute atomic E-state index is 12.1. The first-order chi connectivity index (χ1) is 15.5. The molecule has 1 amide bonds. The second kappa shape index (κ2) is 11.2. The third-order valence-corrected chi connectivity index (χ3v) is 5.15. The van der Waals surface area contributed by atoms with Crippen molar-refractivity contribution in [2.75, 3.05) is 23.8 Å². The molecule has 0 aliphatic heterocycles. The second-order valence-electron chi connectivity index (χ2n) is 6.61. The van der Waals surface area contributed by atoms with Crippen molar-refractivity contribution in [3.63, 3.8) is 0 Å². The summed E-state index contributed by atoms with van der Waals surface area (Å²) in [5.74, 6) is 0.873. The fourth-order valence-corrected chi connectivity index (χ4v) is 3.28. The Morgan fingerprint density at radius 2 is 2.03 bits per heavy atom. The van der Waals surface area contributed by atoms with E-state index in [1.807, 2.05) is 19.1 Å². The molecular weight excluding hydrogens is 432 g/mol. The van der Waals surface area contributed by atoms with Crippen molar-refractivity contribution in [1.29, 1.82) is 0 Å². The lowest BCUT2D eigenvalue weighted by Crippen LogP contribution is -2.21. The van der Waals surface area contributed by atoms with Crippen molar-refractivity contribution in [3.8, 4) is 11.1 Å². The summed E-state index contributed by atoms with van der Waals surface area (Å²) in [6, 6.07) is 10.0. The molecule has 0 aliphatic carbocycles. The number of carbonyl (C=O) groups is 1. The van der Waals surface area contributed by atoms with Crippen molar-refractivity contribution in [1.82, 2.24) is 15.0 Å². The SMILES string of the molecule is CCOC(=O)N=[S-](=O)c1ccc(Nc2ncc(-c3cccnc3)c(N[C@H](C)CO)n2)cc1. The molecule has 2 aromatic heterocycles. The first kappa shape index (κ1) is 23.1. The van der Waals surface area contributed by atoms with Crippen molar-refractivity contribution in [3.05, 3.63) is 55.0 Å². The topological polar surface area (TPSA) is 139 Å². The van der Waals surface area contributed by atoms with Crippen LogP contribution in [0.15, 0.2) is 64.2 Å². The average molecular weight is 456 g/mol. The Morgan fingerprint density at radius 3 is 2.69 bits per heavy atom. The molecule has 0 aliphatic rings. The van der Waals surface area contributed by atoms with E-state index in [-0.39, 0.29) is 19.3 Å².